The maximum absolute atomic E-state index is 12.4. The lowest BCUT2D eigenvalue weighted by molar-refractivity contribution is -0.0645. The van der Waals surface area contributed by atoms with Crippen LogP contribution in [0.3, 0.4) is 0 Å². The summed E-state index contributed by atoms with van der Waals surface area (Å²) < 4.78 is 27.4. The first-order valence-electron chi connectivity index (χ1n) is 7.42. The monoisotopic (exact) mass is 311 g/mol. The van der Waals surface area contributed by atoms with Gasteiger partial charge in [-0.3, -0.25) is 0 Å². The zero-order valence-corrected chi connectivity index (χ0v) is 13.9. The van der Waals surface area contributed by atoms with Crippen molar-refractivity contribution in [2.24, 2.45) is 11.3 Å². The standard InChI is InChI=1S/C16H25NO3S/c1-11(2)9-12-5-7-13(8-6-12)21(19,20)17-14-10-15(18)16(14,3)4/h5-8,11,14-15,17-18H,9-10H2,1-4H3. The molecule has 0 aromatic heterocycles. The average Bonchev–Trinajstić information content (AvgIpc) is 2.38. The molecule has 2 unspecified atom stereocenters. The molecule has 1 fully saturated rings. The first-order chi connectivity index (χ1) is 9.63. The van der Waals surface area contributed by atoms with E-state index >= 15 is 0 Å². The topological polar surface area (TPSA) is 66.4 Å². The smallest absolute Gasteiger partial charge is 0.240 e. The molecule has 5 heteroatoms. The van der Waals surface area contributed by atoms with Crippen molar-refractivity contribution in [1.29, 1.82) is 0 Å². The van der Waals surface area contributed by atoms with Crippen molar-refractivity contribution in [1.82, 2.24) is 4.72 Å². The Hall–Kier alpha value is -0.910. The Kier molecular flexibility index (Phi) is 4.47. The highest BCUT2D eigenvalue weighted by molar-refractivity contribution is 7.89. The molecule has 0 heterocycles. The molecule has 1 aromatic rings. The first-order valence-corrected chi connectivity index (χ1v) is 8.90. The van der Waals surface area contributed by atoms with E-state index in [0.29, 0.717) is 12.3 Å². The summed E-state index contributed by atoms with van der Waals surface area (Å²) in [5, 5.41) is 9.70. The number of hydrogen-bond donors (Lipinski definition) is 2. The number of aliphatic hydroxyl groups excluding tert-OH is 1. The van der Waals surface area contributed by atoms with Gasteiger partial charge in [-0.1, -0.05) is 39.8 Å². The average molecular weight is 311 g/mol. The molecule has 0 saturated heterocycles. The second-order valence-corrected chi connectivity index (χ2v) is 8.70. The van der Waals surface area contributed by atoms with E-state index in [-0.39, 0.29) is 10.9 Å². The lowest BCUT2D eigenvalue weighted by Crippen LogP contribution is -2.61. The van der Waals surface area contributed by atoms with Gasteiger partial charge in [-0.2, -0.15) is 0 Å². The lowest BCUT2D eigenvalue weighted by atomic mass is 9.65. The Balaban J connectivity index is 2.10. The summed E-state index contributed by atoms with van der Waals surface area (Å²) in [6, 6.07) is 6.84. The Morgan fingerprint density at radius 2 is 1.86 bits per heavy atom. The first kappa shape index (κ1) is 16.5. The summed E-state index contributed by atoms with van der Waals surface area (Å²) in [5.41, 5.74) is 0.730. The summed E-state index contributed by atoms with van der Waals surface area (Å²) in [5.74, 6) is 0.544. The Morgan fingerprint density at radius 1 is 1.29 bits per heavy atom. The molecule has 21 heavy (non-hydrogen) atoms. The van der Waals surface area contributed by atoms with Crippen LogP contribution in [0.15, 0.2) is 29.2 Å². The molecule has 1 aromatic carbocycles. The second-order valence-electron chi connectivity index (χ2n) is 6.99. The van der Waals surface area contributed by atoms with Crippen LogP contribution in [0.4, 0.5) is 0 Å². The minimum atomic E-state index is -3.52. The fraction of sp³-hybridized carbons (Fsp3) is 0.625. The fourth-order valence-electron chi connectivity index (χ4n) is 2.63. The number of benzene rings is 1. The van der Waals surface area contributed by atoms with Gasteiger partial charge in [0.25, 0.3) is 0 Å². The number of hydrogen-bond acceptors (Lipinski definition) is 3. The number of rotatable bonds is 5. The van der Waals surface area contributed by atoms with Gasteiger partial charge in [0.15, 0.2) is 0 Å². The van der Waals surface area contributed by atoms with Gasteiger partial charge < -0.3 is 5.11 Å². The minimum Gasteiger partial charge on any atom is -0.392 e. The van der Waals surface area contributed by atoms with E-state index in [1.165, 1.54) is 0 Å². The van der Waals surface area contributed by atoms with Crippen molar-refractivity contribution in [3.63, 3.8) is 0 Å². The van der Waals surface area contributed by atoms with Gasteiger partial charge in [-0.15, -0.1) is 0 Å². The Bertz CT molecular complexity index is 590. The molecular formula is C16H25NO3S. The van der Waals surface area contributed by atoms with Crippen LogP contribution in [-0.2, 0) is 16.4 Å². The van der Waals surface area contributed by atoms with Crippen molar-refractivity contribution < 1.29 is 13.5 Å². The SMILES string of the molecule is CC(C)Cc1ccc(S(=O)(=O)NC2CC(O)C2(C)C)cc1. The number of sulfonamides is 1. The van der Waals surface area contributed by atoms with Gasteiger partial charge in [0.05, 0.1) is 11.0 Å². The van der Waals surface area contributed by atoms with E-state index in [2.05, 4.69) is 18.6 Å². The van der Waals surface area contributed by atoms with Gasteiger partial charge in [0.2, 0.25) is 10.0 Å². The molecule has 2 atom stereocenters. The zero-order valence-electron chi connectivity index (χ0n) is 13.1. The highest BCUT2D eigenvalue weighted by Gasteiger charge is 2.48. The Labute approximate surface area is 127 Å². The number of aliphatic hydroxyl groups is 1. The maximum Gasteiger partial charge on any atom is 0.240 e. The zero-order chi connectivity index (χ0) is 15.8. The van der Waals surface area contributed by atoms with Crippen LogP contribution >= 0.6 is 0 Å². The minimum absolute atomic E-state index is 0.215. The molecule has 2 N–H and O–H groups in total. The van der Waals surface area contributed by atoms with Gasteiger partial charge in [0, 0.05) is 11.5 Å². The molecule has 118 valence electrons. The van der Waals surface area contributed by atoms with Crippen molar-refractivity contribution in [2.75, 3.05) is 0 Å². The van der Waals surface area contributed by atoms with Crippen LogP contribution in [-0.4, -0.2) is 25.7 Å². The molecule has 2 rings (SSSR count). The predicted octanol–water partition coefficient (Wildman–Crippen LogP) is 2.32. The summed E-state index contributed by atoms with van der Waals surface area (Å²) >= 11 is 0. The van der Waals surface area contributed by atoms with Crippen molar-refractivity contribution in [3.05, 3.63) is 29.8 Å². The van der Waals surface area contributed by atoms with Gasteiger partial charge in [0.1, 0.15) is 0 Å². The van der Waals surface area contributed by atoms with Crippen molar-refractivity contribution in [2.45, 2.75) is 57.6 Å². The molecule has 0 spiro atoms. The molecule has 1 aliphatic carbocycles. The molecule has 4 nitrogen and oxygen atoms in total. The quantitative estimate of drug-likeness (QED) is 0.877. The van der Waals surface area contributed by atoms with E-state index < -0.39 is 21.5 Å². The van der Waals surface area contributed by atoms with Crippen molar-refractivity contribution >= 4 is 10.0 Å². The van der Waals surface area contributed by atoms with Crippen LogP contribution in [0.25, 0.3) is 0 Å². The summed E-state index contributed by atoms with van der Waals surface area (Å²) in [4.78, 5) is 0.284. The van der Waals surface area contributed by atoms with E-state index in [4.69, 9.17) is 0 Å². The molecule has 0 aliphatic heterocycles. The lowest BCUT2D eigenvalue weighted by Gasteiger charge is -2.49. The van der Waals surface area contributed by atoms with E-state index in [9.17, 15) is 13.5 Å². The molecular weight excluding hydrogens is 286 g/mol. The van der Waals surface area contributed by atoms with Gasteiger partial charge >= 0.3 is 0 Å². The molecule has 1 aliphatic rings. The fourth-order valence-corrected chi connectivity index (χ4v) is 4.04. The van der Waals surface area contributed by atoms with Gasteiger partial charge in [-0.25, -0.2) is 13.1 Å². The van der Waals surface area contributed by atoms with E-state index in [1.54, 1.807) is 12.1 Å². The van der Waals surface area contributed by atoms with Gasteiger partial charge in [-0.05, 0) is 36.5 Å². The predicted molar refractivity (Wildman–Crippen MR) is 83.5 cm³/mol. The van der Waals surface area contributed by atoms with Crippen LogP contribution < -0.4 is 4.72 Å². The third kappa shape index (κ3) is 3.47. The van der Waals surface area contributed by atoms with Crippen LogP contribution in [0, 0.1) is 11.3 Å². The molecule has 0 radical (unpaired) electrons. The highest BCUT2D eigenvalue weighted by atomic mass is 32.2. The Morgan fingerprint density at radius 3 is 2.29 bits per heavy atom. The maximum atomic E-state index is 12.4. The summed E-state index contributed by atoms with van der Waals surface area (Å²) in [6.07, 6.45) is 0.964. The highest BCUT2D eigenvalue weighted by Crippen LogP contribution is 2.41. The molecule has 1 saturated carbocycles. The largest absolute Gasteiger partial charge is 0.392 e. The third-order valence-electron chi connectivity index (χ3n) is 4.39. The van der Waals surface area contributed by atoms with Crippen molar-refractivity contribution in [3.8, 4) is 0 Å². The summed E-state index contributed by atoms with van der Waals surface area (Å²) in [7, 11) is -3.52. The van der Waals surface area contributed by atoms with Crippen LogP contribution in [0.2, 0.25) is 0 Å². The third-order valence-corrected chi connectivity index (χ3v) is 5.88. The molecule has 0 bridgehead atoms. The van der Waals surface area contributed by atoms with E-state index in [0.717, 1.165) is 12.0 Å². The second kappa shape index (κ2) is 5.71. The van der Waals surface area contributed by atoms with E-state index in [1.807, 2.05) is 26.0 Å². The van der Waals surface area contributed by atoms with Crippen LogP contribution in [0.5, 0.6) is 0 Å². The molecule has 0 amide bonds. The summed E-state index contributed by atoms with van der Waals surface area (Å²) in [6.45, 7) is 8.02. The normalized spacial score (nSPS) is 24.9. The number of nitrogens with one attached hydrogen (secondary N) is 1. The van der Waals surface area contributed by atoms with Crippen LogP contribution in [0.1, 0.15) is 39.7 Å².